The summed E-state index contributed by atoms with van der Waals surface area (Å²) in [7, 11) is 1.62. The third kappa shape index (κ3) is 5.07. The van der Waals surface area contributed by atoms with Gasteiger partial charge in [-0.05, 0) is 43.6 Å². The first-order chi connectivity index (χ1) is 13.0. The van der Waals surface area contributed by atoms with Crippen LogP contribution in [0.5, 0.6) is 5.75 Å². The number of aromatic carboxylic acids is 1. The number of carbonyl (C=O) groups is 2. The first-order valence-electron chi connectivity index (χ1n) is 8.86. The number of aromatic nitrogens is 1. The van der Waals surface area contributed by atoms with E-state index >= 15 is 0 Å². The molecule has 1 aromatic carbocycles. The molecule has 0 radical (unpaired) electrons. The van der Waals surface area contributed by atoms with Gasteiger partial charge in [-0.25, -0.2) is 9.78 Å². The van der Waals surface area contributed by atoms with Crippen molar-refractivity contribution in [2.75, 3.05) is 20.2 Å². The zero-order valence-corrected chi connectivity index (χ0v) is 15.2. The number of likely N-dealkylation sites (tertiary alicyclic amines) is 1. The molecule has 0 atom stereocenters. The molecule has 0 spiro atoms. The molecule has 1 aliphatic heterocycles. The average Bonchev–Trinajstić information content (AvgIpc) is 3.16. The number of carboxylic acid groups (broad SMARTS) is 1. The van der Waals surface area contributed by atoms with E-state index in [2.05, 4.69) is 15.2 Å². The van der Waals surface area contributed by atoms with Crippen LogP contribution in [0.4, 0.5) is 0 Å². The minimum Gasteiger partial charge on any atom is -0.497 e. The van der Waals surface area contributed by atoms with Crippen LogP contribution >= 0.6 is 0 Å². The van der Waals surface area contributed by atoms with Crippen LogP contribution in [0.15, 0.2) is 34.9 Å². The summed E-state index contributed by atoms with van der Waals surface area (Å²) in [5, 5.41) is 11.9. The molecule has 0 aliphatic carbocycles. The number of benzene rings is 1. The topological polar surface area (TPSA) is 105 Å². The standard InChI is InChI=1S/C19H23N3O5/c1-26-15-4-2-13(3-5-15)10-20-18(23)14-6-8-22(9-7-14)11-17-21-16(12-27-17)19(24)25/h2-5,12,14H,6-11H2,1H3,(H,20,23)(H,24,25). The fourth-order valence-corrected chi connectivity index (χ4v) is 3.10. The van der Waals surface area contributed by atoms with E-state index in [1.807, 2.05) is 24.3 Å². The number of nitrogens with zero attached hydrogens (tertiary/aromatic N) is 2. The van der Waals surface area contributed by atoms with Gasteiger partial charge in [-0.15, -0.1) is 0 Å². The first-order valence-corrected chi connectivity index (χ1v) is 8.86. The molecule has 2 N–H and O–H groups in total. The predicted molar refractivity (Wildman–Crippen MR) is 96.3 cm³/mol. The van der Waals surface area contributed by atoms with E-state index in [1.165, 1.54) is 0 Å². The number of rotatable bonds is 7. The van der Waals surface area contributed by atoms with Crippen LogP contribution in [-0.4, -0.2) is 47.1 Å². The Morgan fingerprint density at radius 3 is 2.59 bits per heavy atom. The molecule has 1 amide bonds. The number of methoxy groups -OCH3 is 1. The highest BCUT2D eigenvalue weighted by Crippen LogP contribution is 2.19. The minimum absolute atomic E-state index is 0.0151. The average molecular weight is 373 g/mol. The Hall–Kier alpha value is -2.87. The molecular weight excluding hydrogens is 350 g/mol. The van der Waals surface area contributed by atoms with E-state index < -0.39 is 5.97 Å². The van der Waals surface area contributed by atoms with Crippen LogP contribution in [0, 0.1) is 5.92 Å². The van der Waals surface area contributed by atoms with Crippen LogP contribution in [0.2, 0.25) is 0 Å². The second kappa shape index (κ2) is 8.68. The van der Waals surface area contributed by atoms with Gasteiger partial charge in [0.2, 0.25) is 11.8 Å². The molecular formula is C19H23N3O5. The number of amides is 1. The van der Waals surface area contributed by atoms with Crippen molar-refractivity contribution >= 4 is 11.9 Å². The predicted octanol–water partition coefficient (Wildman–Crippen LogP) is 1.91. The molecule has 8 heteroatoms. The summed E-state index contributed by atoms with van der Waals surface area (Å²) in [5.74, 6) is 0.124. The molecule has 2 aromatic rings. The van der Waals surface area contributed by atoms with Crippen LogP contribution in [0.3, 0.4) is 0 Å². The second-order valence-corrected chi connectivity index (χ2v) is 6.55. The van der Waals surface area contributed by atoms with Crippen molar-refractivity contribution in [3.8, 4) is 5.75 Å². The summed E-state index contributed by atoms with van der Waals surface area (Å²) >= 11 is 0. The number of carboxylic acids is 1. The molecule has 0 unspecified atom stereocenters. The van der Waals surface area contributed by atoms with Crippen LogP contribution in [-0.2, 0) is 17.9 Å². The van der Waals surface area contributed by atoms with Crippen molar-refractivity contribution in [1.29, 1.82) is 0 Å². The van der Waals surface area contributed by atoms with Gasteiger partial charge in [0.05, 0.1) is 13.7 Å². The number of hydrogen-bond donors (Lipinski definition) is 2. The van der Waals surface area contributed by atoms with Gasteiger partial charge < -0.3 is 19.6 Å². The molecule has 1 saturated heterocycles. The summed E-state index contributed by atoms with van der Waals surface area (Å²) in [6.07, 6.45) is 2.65. The van der Waals surface area contributed by atoms with E-state index in [4.69, 9.17) is 14.3 Å². The Bertz CT molecular complexity index is 779. The molecule has 1 aromatic heterocycles. The lowest BCUT2D eigenvalue weighted by Gasteiger charge is -2.30. The highest BCUT2D eigenvalue weighted by molar-refractivity contribution is 5.84. The van der Waals surface area contributed by atoms with E-state index in [0.29, 0.717) is 19.0 Å². The third-order valence-corrected chi connectivity index (χ3v) is 4.71. The Kier molecular flexibility index (Phi) is 6.08. The quantitative estimate of drug-likeness (QED) is 0.764. The molecule has 0 bridgehead atoms. The van der Waals surface area contributed by atoms with Gasteiger partial charge in [0, 0.05) is 12.5 Å². The van der Waals surface area contributed by atoms with Crippen molar-refractivity contribution in [1.82, 2.24) is 15.2 Å². The molecule has 144 valence electrons. The second-order valence-electron chi connectivity index (χ2n) is 6.55. The van der Waals surface area contributed by atoms with Gasteiger partial charge >= 0.3 is 5.97 Å². The molecule has 1 fully saturated rings. The summed E-state index contributed by atoms with van der Waals surface area (Å²) in [6.45, 7) is 2.43. The van der Waals surface area contributed by atoms with Crippen molar-refractivity contribution in [2.24, 2.45) is 5.92 Å². The molecule has 2 heterocycles. The maximum Gasteiger partial charge on any atom is 0.357 e. The Labute approximate surface area is 157 Å². The minimum atomic E-state index is -1.10. The lowest BCUT2D eigenvalue weighted by molar-refractivity contribution is -0.126. The van der Waals surface area contributed by atoms with E-state index in [9.17, 15) is 9.59 Å². The van der Waals surface area contributed by atoms with Crippen molar-refractivity contribution in [3.05, 3.63) is 47.7 Å². The van der Waals surface area contributed by atoms with Crippen molar-refractivity contribution in [2.45, 2.75) is 25.9 Å². The highest BCUT2D eigenvalue weighted by Gasteiger charge is 2.25. The highest BCUT2D eigenvalue weighted by atomic mass is 16.5. The van der Waals surface area contributed by atoms with Crippen LogP contribution < -0.4 is 10.1 Å². The number of hydrogen-bond acceptors (Lipinski definition) is 6. The van der Waals surface area contributed by atoms with Crippen LogP contribution in [0.1, 0.15) is 34.8 Å². The Balaban J connectivity index is 1.42. The number of oxazole rings is 1. The number of piperidine rings is 1. The van der Waals surface area contributed by atoms with Gasteiger partial charge in [0.1, 0.15) is 12.0 Å². The number of carbonyl (C=O) groups excluding carboxylic acids is 1. The van der Waals surface area contributed by atoms with Gasteiger partial charge in [-0.1, -0.05) is 12.1 Å². The smallest absolute Gasteiger partial charge is 0.357 e. The van der Waals surface area contributed by atoms with Gasteiger partial charge in [0.15, 0.2) is 5.69 Å². The van der Waals surface area contributed by atoms with E-state index in [1.54, 1.807) is 7.11 Å². The van der Waals surface area contributed by atoms with Gasteiger partial charge in [0.25, 0.3) is 0 Å². The van der Waals surface area contributed by atoms with Gasteiger partial charge in [-0.2, -0.15) is 0 Å². The summed E-state index contributed by atoms with van der Waals surface area (Å²) in [4.78, 5) is 29.3. The Morgan fingerprint density at radius 1 is 1.30 bits per heavy atom. The van der Waals surface area contributed by atoms with E-state index in [-0.39, 0.29) is 17.5 Å². The number of nitrogens with one attached hydrogen (secondary N) is 1. The molecule has 1 aliphatic rings. The van der Waals surface area contributed by atoms with Gasteiger partial charge in [-0.3, -0.25) is 9.69 Å². The Morgan fingerprint density at radius 2 is 2.00 bits per heavy atom. The summed E-state index contributed by atoms with van der Waals surface area (Å²) in [5.41, 5.74) is 0.942. The molecule has 0 saturated carbocycles. The number of ether oxygens (including phenoxy) is 1. The van der Waals surface area contributed by atoms with Crippen molar-refractivity contribution in [3.63, 3.8) is 0 Å². The summed E-state index contributed by atoms with van der Waals surface area (Å²) < 4.78 is 10.3. The molecule has 27 heavy (non-hydrogen) atoms. The maximum atomic E-state index is 12.4. The zero-order valence-electron chi connectivity index (χ0n) is 15.2. The zero-order chi connectivity index (χ0) is 19.2. The van der Waals surface area contributed by atoms with Crippen molar-refractivity contribution < 1.29 is 23.8 Å². The summed E-state index contributed by atoms with van der Waals surface area (Å²) in [6, 6.07) is 7.61. The molecule has 8 nitrogen and oxygen atoms in total. The first kappa shape index (κ1) is 18.9. The third-order valence-electron chi connectivity index (χ3n) is 4.71. The lowest BCUT2D eigenvalue weighted by atomic mass is 9.96. The normalized spacial score (nSPS) is 15.4. The lowest BCUT2D eigenvalue weighted by Crippen LogP contribution is -2.40. The monoisotopic (exact) mass is 373 g/mol. The SMILES string of the molecule is COc1ccc(CNC(=O)C2CCN(Cc3nc(C(=O)O)co3)CC2)cc1. The molecule has 3 rings (SSSR count). The van der Waals surface area contributed by atoms with E-state index in [0.717, 1.165) is 43.5 Å². The fraction of sp³-hybridized carbons (Fsp3) is 0.421. The maximum absolute atomic E-state index is 12.4. The largest absolute Gasteiger partial charge is 0.497 e. The fourth-order valence-electron chi connectivity index (χ4n) is 3.10. The van der Waals surface area contributed by atoms with Crippen LogP contribution in [0.25, 0.3) is 0 Å².